The largest absolute Gasteiger partial charge is 0.459 e. The van der Waals surface area contributed by atoms with Crippen LogP contribution in [-0.2, 0) is 23.8 Å². The molecule has 0 bridgehead atoms. The Labute approximate surface area is 128 Å². The van der Waals surface area contributed by atoms with Gasteiger partial charge in [0.05, 0.1) is 12.1 Å². The van der Waals surface area contributed by atoms with Crippen molar-refractivity contribution < 1.29 is 28.6 Å². The van der Waals surface area contributed by atoms with Crippen LogP contribution in [0.2, 0.25) is 0 Å². The molecule has 4 unspecified atom stereocenters. The summed E-state index contributed by atoms with van der Waals surface area (Å²) in [5.74, 6) is -0.841. The predicted molar refractivity (Wildman–Crippen MR) is 73.8 cm³/mol. The highest BCUT2D eigenvalue weighted by atomic mass is 16.6. The fourth-order valence-electron chi connectivity index (χ4n) is 3.04. The van der Waals surface area contributed by atoms with Crippen molar-refractivity contribution in [2.75, 3.05) is 0 Å². The third-order valence-corrected chi connectivity index (χ3v) is 4.28. The summed E-state index contributed by atoms with van der Waals surface area (Å²) < 4.78 is 15.7. The van der Waals surface area contributed by atoms with E-state index in [0.717, 1.165) is 18.9 Å². The minimum Gasteiger partial charge on any atom is -0.459 e. The Kier molecular flexibility index (Phi) is 3.80. The van der Waals surface area contributed by atoms with Crippen molar-refractivity contribution in [2.45, 2.75) is 63.0 Å². The molecular weight excluding hydrogens is 290 g/mol. The number of fused-ring (bicyclic) bond motifs is 1. The molecule has 120 valence electrons. The van der Waals surface area contributed by atoms with Crippen molar-refractivity contribution in [3.05, 3.63) is 12.7 Å². The summed E-state index contributed by atoms with van der Waals surface area (Å²) in [5, 5.41) is 0. The number of ether oxygens (including phenoxy) is 3. The Hall–Kier alpha value is -2.05. The van der Waals surface area contributed by atoms with Crippen LogP contribution < -0.4 is 0 Å². The normalized spacial score (nSPS) is 35.0. The maximum Gasteiger partial charge on any atom is 0.411 e. The lowest BCUT2D eigenvalue weighted by Gasteiger charge is -2.31. The van der Waals surface area contributed by atoms with Gasteiger partial charge in [-0.25, -0.2) is 9.59 Å². The molecule has 0 aromatic heterocycles. The molecule has 7 heteroatoms. The van der Waals surface area contributed by atoms with Crippen LogP contribution in [0.25, 0.3) is 0 Å². The van der Waals surface area contributed by atoms with Gasteiger partial charge in [0.2, 0.25) is 0 Å². The molecule has 1 aliphatic heterocycles. The molecule has 0 aromatic rings. The van der Waals surface area contributed by atoms with E-state index in [4.69, 9.17) is 14.2 Å². The molecule has 0 N–H and O–H groups in total. The average molecular weight is 309 g/mol. The summed E-state index contributed by atoms with van der Waals surface area (Å²) in [4.78, 5) is 35.7. The standard InChI is InChI=1S/C15H19NO6/c1-3-11(18)22-14-12-13(14)16(12)15(19)21-10-7-5-4-6-9(10)20-8(2)17/h3,9-10,12-14H,1,4-7H2,2H3. The van der Waals surface area contributed by atoms with Crippen molar-refractivity contribution in [3.63, 3.8) is 0 Å². The molecule has 2 aliphatic carbocycles. The van der Waals surface area contributed by atoms with Gasteiger partial charge in [0, 0.05) is 13.0 Å². The highest BCUT2D eigenvalue weighted by molar-refractivity contribution is 5.83. The van der Waals surface area contributed by atoms with Gasteiger partial charge in [-0.2, -0.15) is 0 Å². The van der Waals surface area contributed by atoms with Crippen molar-refractivity contribution in [2.24, 2.45) is 0 Å². The lowest BCUT2D eigenvalue weighted by Crippen LogP contribution is -2.40. The molecule has 1 amide bonds. The van der Waals surface area contributed by atoms with E-state index in [1.54, 1.807) is 4.90 Å². The van der Waals surface area contributed by atoms with Crippen LogP contribution in [0.4, 0.5) is 4.79 Å². The van der Waals surface area contributed by atoms with Crippen molar-refractivity contribution in [1.29, 1.82) is 0 Å². The van der Waals surface area contributed by atoms with Crippen LogP contribution in [0.3, 0.4) is 0 Å². The number of likely N-dealkylation sites (tertiary alicyclic amines) is 1. The second-order valence-electron chi connectivity index (χ2n) is 5.85. The molecule has 1 saturated heterocycles. The molecule has 4 atom stereocenters. The summed E-state index contributed by atoms with van der Waals surface area (Å²) in [6.07, 6.45) is 3.01. The molecule has 7 nitrogen and oxygen atoms in total. The zero-order valence-electron chi connectivity index (χ0n) is 12.4. The average Bonchev–Trinajstić information content (AvgIpc) is 3.36. The zero-order chi connectivity index (χ0) is 15.9. The van der Waals surface area contributed by atoms with Crippen LogP contribution in [0.1, 0.15) is 32.6 Å². The first kappa shape index (κ1) is 14.9. The molecule has 3 rings (SSSR count). The second kappa shape index (κ2) is 5.62. The van der Waals surface area contributed by atoms with Crippen LogP contribution in [0.15, 0.2) is 12.7 Å². The smallest absolute Gasteiger partial charge is 0.411 e. The molecule has 0 aromatic carbocycles. The van der Waals surface area contributed by atoms with Crippen molar-refractivity contribution in [3.8, 4) is 0 Å². The summed E-state index contributed by atoms with van der Waals surface area (Å²) >= 11 is 0. The predicted octanol–water partition coefficient (Wildman–Crippen LogP) is 1.16. The number of hydrogen-bond acceptors (Lipinski definition) is 6. The summed E-state index contributed by atoms with van der Waals surface area (Å²) in [5.41, 5.74) is 0. The molecule has 2 saturated carbocycles. The van der Waals surface area contributed by atoms with E-state index in [2.05, 4.69) is 6.58 Å². The number of esters is 2. The van der Waals surface area contributed by atoms with Gasteiger partial charge in [-0.3, -0.25) is 9.69 Å². The first-order valence-electron chi connectivity index (χ1n) is 7.52. The van der Waals surface area contributed by atoms with E-state index < -0.39 is 12.1 Å². The van der Waals surface area contributed by atoms with Gasteiger partial charge >= 0.3 is 18.0 Å². The number of nitrogens with zero attached hydrogens (tertiary/aromatic N) is 1. The molecule has 0 spiro atoms. The van der Waals surface area contributed by atoms with Gasteiger partial charge in [-0.05, 0) is 25.7 Å². The van der Waals surface area contributed by atoms with Gasteiger partial charge in [-0.1, -0.05) is 6.58 Å². The van der Waals surface area contributed by atoms with Gasteiger partial charge < -0.3 is 14.2 Å². The second-order valence-corrected chi connectivity index (χ2v) is 5.85. The number of amides is 1. The zero-order valence-corrected chi connectivity index (χ0v) is 12.4. The third kappa shape index (κ3) is 2.80. The molecule has 1 heterocycles. The fraction of sp³-hybridized carbons (Fsp3) is 0.667. The first-order valence-corrected chi connectivity index (χ1v) is 7.52. The topological polar surface area (TPSA) is 81.9 Å². The highest BCUT2D eigenvalue weighted by Crippen LogP contribution is 2.53. The number of hydrogen-bond donors (Lipinski definition) is 0. The Morgan fingerprint density at radius 2 is 1.64 bits per heavy atom. The van der Waals surface area contributed by atoms with Gasteiger partial charge in [-0.15, -0.1) is 0 Å². The monoisotopic (exact) mass is 309 g/mol. The number of rotatable bonds is 4. The lowest BCUT2D eigenvalue weighted by molar-refractivity contribution is -0.155. The minimum atomic E-state index is -0.479. The molecular formula is C15H19NO6. The Morgan fingerprint density at radius 1 is 1.05 bits per heavy atom. The van der Waals surface area contributed by atoms with E-state index in [1.807, 2.05) is 0 Å². The summed E-state index contributed by atoms with van der Waals surface area (Å²) in [7, 11) is 0. The third-order valence-electron chi connectivity index (χ3n) is 4.28. The Bertz CT molecular complexity index is 508. The molecule has 22 heavy (non-hydrogen) atoms. The van der Waals surface area contributed by atoms with Crippen LogP contribution in [0, 0.1) is 0 Å². The Balaban J connectivity index is 1.46. The summed E-state index contributed by atoms with van der Waals surface area (Å²) in [6, 6.07) is -0.126. The SMILES string of the molecule is C=CC(=O)OC1C2C1N2C(=O)OC1CCCCC1OC(C)=O. The molecule has 3 aliphatic rings. The van der Waals surface area contributed by atoms with Gasteiger partial charge in [0.25, 0.3) is 0 Å². The lowest BCUT2D eigenvalue weighted by atomic mass is 9.94. The van der Waals surface area contributed by atoms with Gasteiger partial charge in [0.1, 0.15) is 18.3 Å². The summed E-state index contributed by atoms with van der Waals surface area (Å²) in [6.45, 7) is 4.68. The Morgan fingerprint density at radius 3 is 2.18 bits per heavy atom. The van der Waals surface area contributed by atoms with Crippen molar-refractivity contribution in [1.82, 2.24) is 4.90 Å². The van der Waals surface area contributed by atoms with Crippen LogP contribution in [-0.4, -0.2) is 53.3 Å². The van der Waals surface area contributed by atoms with E-state index in [1.165, 1.54) is 6.92 Å². The quantitative estimate of drug-likeness (QED) is 0.335. The van der Waals surface area contributed by atoms with E-state index in [0.29, 0.717) is 12.8 Å². The fourth-order valence-corrected chi connectivity index (χ4v) is 3.04. The van der Waals surface area contributed by atoms with E-state index in [9.17, 15) is 14.4 Å². The number of carbonyl (C=O) groups is 3. The van der Waals surface area contributed by atoms with Crippen LogP contribution >= 0.6 is 0 Å². The van der Waals surface area contributed by atoms with Crippen molar-refractivity contribution >= 4 is 18.0 Å². The maximum absolute atomic E-state index is 12.0. The van der Waals surface area contributed by atoms with Crippen LogP contribution in [0.5, 0.6) is 0 Å². The molecule has 0 radical (unpaired) electrons. The van der Waals surface area contributed by atoms with Gasteiger partial charge in [0.15, 0.2) is 0 Å². The van der Waals surface area contributed by atoms with E-state index >= 15 is 0 Å². The maximum atomic E-state index is 12.0. The highest BCUT2D eigenvalue weighted by Gasteiger charge is 2.78. The van der Waals surface area contributed by atoms with E-state index in [-0.39, 0.29) is 36.4 Å². The first-order chi connectivity index (χ1) is 10.5. The number of carbonyl (C=O) groups excluding carboxylic acids is 3. The minimum absolute atomic E-state index is 0.0628. The molecule has 3 fully saturated rings.